The van der Waals surface area contributed by atoms with E-state index in [9.17, 15) is 12.8 Å². The normalized spacial score (nSPS) is 14.3. The fourth-order valence-electron chi connectivity index (χ4n) is 2.29. The maximum absolute atomic E-state index is 13.3. The molecule has 0 saturated carbocycles. The molecule has 3 rings (SSSR count). The lowest BCUT2D eigenvalue weighted by atomic mass is 10.2. The van der Waals surface area contributed by atoms with Crippen molar-refractivity contribution in [3.63, 3.8) is 0 Å². The van der Waals surface area contributed by atoms with Gasteiger partial charge in [0.15, 0.2) is 0 Å². The van der Waals surface area contributed by atoms with Crippen LogP contribution in [0.5, 0.6) is 0 Å². The molecule has 1 aliphatic rings. The third-order valence-electron chi connectivity index (χ3n) is 3.24. The Bertz CT molecular complexity index is 777. The third kappa shape index (κ3) is 2.00. The van der Waals surface area contributed by atoms with Gasteiger partial charge in [0.05, 0.1) is 10.6 Å². The zero-order valence-electron chi connectivity index (χ0n) is 10.5. The molecule has 1 aliphatic heterocycles. The summed E-state index contributed by atoms with van der Waals surface area (Å²) in [5, 5.41) is 0. The minimum absolute atomic E-state index is 0.0575. The van der Waals surface area contributed by atoms with Crippen molar-refractivity contribution in [2.75, 3.05) is 16.6 Å². The fourth-order valence-corrected chi connectivity index (χ4v) is 3.81. The first kappa shape index (κ1) is 12.9. The van der Waals surface area contributed by atoms with Crippen LogP contribution in [-0.2, 0) is 16.4 Å². The summed E-state index contributed by atoms with van der Waals surface area (Å²) in [5.74, 6) is -0.329. The standard InChI is InChI=1S/C13H12FN3O2S/c14-10-2-1-9-4-6-17(12(9)7-10)20(18,19)11-3-5-16-13(15)8-11/h1-3,5,7-8H,4,6H2,(H2,15,16). The van der Waals surface area contributed by atoms with Gasteiger partial charge in [0.2, 0.25) is 0 Å². The van der Waals surface area contributed by atoms with Gasteiger partial charge in [-0.05, 0) is 30.2 Å². The molecule has 0 saturated heterocycles. The van der Waals surface area contributed by atoms with Crippen LogP contribution in [-0.4, -0.2) is 19.9 Å². The van der Waals surface area contributed by atoms with Gasteiger partial charge in [-0.2, -0.15) is 0 Å². The van der Waals surface area contributed by atoms with Gasteiger partial charge in [-0.3, -0.25) is 4.31 Å². The number of nitrogens with two attached hydrogens (primary N) is 1. The number of anilines is 2. The monoisotopic (exact) mass is 293 g/mol. The summed E-state index contributed by atoms with van der Waals surface area (Å²) in [6.45, 7) is 0.295. The second kappa shape index (κ2) is 4.45. The largest absolute Gasteiger partial charge is 0.384 e. The Kier molecular flexibility index (Phi) is 2.86. The van der Waals surface area contributed by atoms with Crippen LogP contribution >= 0.6 is 0 Å². The van der Waals surface area contributed by atoms with Crippen LogP contribution in [0.3, 0.4) is 0 Å². The number of nitrogen functional groups attached to an aromatic ring is 1. The zero-order valence-corrected chi connectivity index (χ0v) is 11.3. The predicted octanol–water partition coefficient (Wildman–Crippen LogP) is 1.55. The highest BCUT2D eigenvalue weighted by molar-refractivity contribution is 7.92. The second-order valence-electron chi connectivity index (χ2n) is 4.52. The van der Waals surface area contributed by atoms with E-state index in [4.69, 9.17) is 5.73 Å². The van der Waals surface area contributed by atoms with E-state index in [0.29, 0.717) is 18.7 Å². The highest BCUT2D eigenvalue weighted by atomic mass is 32.2. The lowest BCUT2D eigenvalue weighted by Gasteiger charge is -2.19. The summed E-state index contributed by atoms with van der Waals surface area (Å²) >= 11 is 0. The Balaban J connectivity index is 2.09. The molecule has 0 amide bonds. The minimum Gasteiger partial charge on any atom is -0.384 e. The molecular weight excluding hydrogens is 281 g/mol. The zero-order chi connectivity index (χ0) is 14.3. The predicted molar refractivity (Wildman–Crippen MR) is 73.3 cm³/mol. The number of hydrogen-bond donors (Lipinski definition) is 1. The van der Waals surface area contributed by atoms with Crippen LogP contribution in [0.2, 0.25) is 0 Å². The van der Waals surface area contributed by atoms with Gasteiger partial charge in [-0.1, -0.05) is 6.07 Å². The van der Waals surface area contributed by atoms with Gasteiger partial charge in [-0.15, -0.1) is 0 Å². The Morgan fingerprint density at radius 1 is 1.25 bits per heavy atom. The van der Waals surface area contributed by atoms with Crippen LogP contribution in [0.4, 0.5) is 15.9 Å². The molecule has 7 heteroatoms. The molecule has 0 aliphatic carbocycles. The van der Waals surface area contributed by atoms with Crippen molar-refractivity contribution in [3.05, 3.63) is 47.9 Å². The molecule has 2 N–H and O–H groups in total. The molecule has 0 spiro atoms. The molecule has 1 aromatic heterocycles. The molecule has 0 atom stereocenters. The van der Waals surface area contributed by atoms with Gasteiger partial charge in [0.25, 0.3) is 10.0 Å². The highest BCUT2D eigenvalue weighted by Gasteiger charge is 2.31. The van der Waals surface area contributed by atoms with Gasteiger partial charge in [0, 0.05) is 18.8 Å². The smallest absolute Gasteiger partial charge is 0.264 e. The maximum atomic E-state index is 13.3. The summed E-state index contributed by atoms with van der Waals surface area (Å²) in [5.41, 5.74) is 6.72. The molecule has 0 unspecified atom stereocenters. The number of pyridine rings is 1. The molecule has 2 aromatic rings. The summed E-state index contributed by atoms with van der Waals surface area (Å²) in [6.07, 6.45) is 1.90. The second-order valence-corrected chi connectivity index (χ2v) is 6.38. The number of aromatic nitrogens is 1. The van der Waals surface area contributed by atoms with Crippen LogP contribution in [0.25, 0.3) is 0 Å². The number of sulfonamides is 1. The third-order valence-corrected chi connectivity index (χ3v) is 5.05. The Hall–Kier alpha value is -2.15. The van der Waals surface area contributed by atoms with E-state index in [0.717, 1.165) is 5.56 Å². The first-order valence-electron chi connectivity index (χ1n) is 6.01. The van der Waals surface area contributed by atoms with Crippen LogP contribution in [0.1, 0.15) is 5.56 Å². The summed E-state index contributed by atoms with van der Waals surface area (Å²) in [6, 6.07) is 6.86. The van der Waals surface area contributed by atoms with Gasteiger partial charge >= 0.3 is 0 Å². The van der Waals surface area contributed by atoms with Crippen molar-refractivity contribution < 1.29 is 12.8 Å². The molecule has 1 aromatic carbocycles. The van der Waals surface area contributed by atoms with Crippen LogP contribution < -0.4 is 10.0 Å². The first-order valence-corrected chi connectivity index (χ1v) is 7.45. The summed E-state index contributed by atoms with van der Waals surface area (Å²) in [7, 11) is -3.74. The summed E-state index contributed by atoms with van der Waals surface area (Å²) in [4.78, 5) is 3.83. The Labute approximate surface area is 115 Å². The van der Waals surface area contributed by atoms with Crippen LogP contribution in [0, 0.1) is 5.82 Å². The average Bonchev–Trinajstić information content (AvgIpc) is 2.82. The average molecular weight is 293 g/mol. The van der Waals surface area contributed by atoms with Gasteiger partial charge in [-0.25, -0.2) is 17.8 Å². The molecule has 104 valence electrons. The number of hydrogen-bond acceptors (Lipinski definition) is 4. The lowest BCUT2D eigenvalue weighted by molar-refractivity contribution is 0.592. The maximum Gasteiger partial charge on any atom is 0.264 e. The Morgan fingerprint density at radius 2 is 2.05 bits per heavy atom. The van der Waals surface area contributed by atoms with Gasteiger partial charge in [0.1, 0.15) is 11.6 Å². The van der Waals surface area contributed by atoms with E-state index in [-0.39, 0.29) is 10.7 Å². The lowest BCUT2D eigenvalue weighted by Crippen LogP contribution is -2.29. The molecule has 5 nitrogen and oxygen atoms in total. The quantitative estimate of drug-likeness (QED) is 0.911. The van der Waals surface area contributed by atoms with Gasteiger partial charge < -0.3 is 5.73 Å². The number of benzene rings is 1. The number of nitrogens with zero attached hydrogens (tertiary/aromatic N) is 2. The minimum atomic E-state index is -3.74. The number of rotatable bonds is 2. The molecule has 2 heterocycles. The van der Waals surface area contributed by atoms with Crippen molar-refractivity contribution in [2.45, 2.75) is 11.3 Å². The fraction of sp³-hybridized carbons (Fsp3) is 0.154. The van der Waals surface area contributed by atoms with Crippen molar-refractivity contribution in [2.24, 2.45) is 0 Å². The highest BCUT2D eigenvalue weighted by Crippen LogP contribution is 2.33. The topological polar surface area (TPSA) is 76.3 Å². The Morgan fingerprint density at radius 3 is 2.80 bits per heavy atom. The molecule has 0 bridgehead atoms. The van der Waals surface area contributed by atoms with Crippen molar-refractivity contribution in [1.29, 1.82) is 0 Å². The van der Waals surface area contributed by atoms with E-state index < -0.39 is 15.8 Å². The van der Waals surface area contributed by atoms with E-state index in [2.05, 4.69) is 4.98 Å². The first-order chi connectivity index (χ1) is 9.48. The van der Waals surface area contributed by atoms with Crippen molar-refractivity contribution in [1.82, 2.24) is 4.98 Å². The molecule has 0 radical (unpaired) electrons. The van der Waals surface area contributed by atoms with E-state index in [1.807, 2.05) is 0 Å². The number of fused-ring (bicyclic) bond motifs is 1. The molecule has 0 fully saturated rings. The van der Waals surface area contributed by atoms with Crippen molar-refractivity contribution in [3.8, 4) is 0 Å². The molecular formula is C13H12FN3O2S. The SMILES string of the molecule is Nc1cc(S(=O)(=O)N2CCc3ccc(F)cc32)ccn1. The summed E-state index contributed by atoms with van der Waals surface area (Å²) < 4.78 is 39.7. The number of halogens is 1. The van der Waals surface area contributed by atoms with Crippen molar-refractivity contribution >= 4 is 21.5 Å². The van der Waals surface area contributed by atoms with E-state index in [1.54, 1.807) is 6.07 Å². The van der Waals surface area contributed by atoms with Crippen LogP contribution in [0.15, 0.2) is 41.4 Å². The van der Waals surface area contributed by atoms with E-state index in [1.165, 1.54) is 34.8 Å². The van der Waals surface area contributed by atoms with E-state index >= 15 is 0 Å². The molecule has 20 heavy (non-hydrogen) atoms.